The second kappa shape index (κ2) is 8.74. The highest BCUT2D eigenvalue weighted by molar-refractivity contribution is 7.98. The van der Waals surface area contributed by atoms with Crippen LogP contribution in [-0.2, 0) is 17.1 Å². The van der Waals surface area contributed by atoms with E-state index in [0.717, 1.165) is 17.0 Å². The summed E-state index contributed by atoms with van der Waals surface area (Å²) in [4.78, 5) is 21.2. The standard InChI is InChI=1S/C21H17N3O4S/c1-14-10-16(24-28-14)13-29-20-18(8-5-9-22-20)21(25)27-12-17-11-26-19(23-17)15-6-3-2-4-7-15/h2-11H,12-13H2,1H3. The molecule has 146 valence electrons. The number of thioether (sulfide) groups is 1. The molecule has 3 heterocycles. The molecule has 0 saturated heterocycles. The van der Waals surface area contributed by atoms with Crippen LogP contribution in [-0.4, -0.2) is 21.1 Å². The minimum absolute atomic E-state index is 0.0106. The molecule has 0 amide bonds. The topological polar surface area (TPSA) is 91.2 Å². The summed E-state index contributed by atoms with van der Waals surface area (Å²) in [5.41, 5.74) is 2.57. The Hall–Kier alpha value is -3.39. The maximum atomic E-state index is 12.6. The summed E-state index contributed by atoms with van der Waals surface area (Å²) in [6.07, 6.45) is 3.12. The molecule has 0 saturated carbocycles. The lowest BCUT2D eigenvalue weighted by atomic mass is 10.2. The third kappa shape index (κ3) is 4.72. The van der Waals surface area contributed by atoms with Gasteiger partial charge in [-0.1, -0.05) is 35.1 Å². The molecule has 0 aliphatic carbocycles. The number of ether oxygens (including phenoxy) is 1. The van der Waals surface area contributed by atoms with Crippen molar-refractivity contribution >= 4 is 17.7 Å². The van der Waals surface area contributed by atoms with Gasteiger partial charge in [0.25, 0.3) is 0 Å². The first-order valence-electron chi connectivity index (χ1n) is 8.86. The molecule has 1 aromatic carbocycles. The van der Waals surface area contributed by atoms with Crippen LogP contribution in [0.5, 0.6) is 0 Å². The van der Waals surface area contributed by atoms with Gasteiger partial charge in [0.2, 0.25) is 5.89 Å². The summed E-state index contributed by atoms with van der Waals surface area (Å²) in [6, 6.07) is 14.8. The van der Waals surface area contributed by atoms with E-state index in [0.29, 0.717) is 27.9 Å². The lowest BCUT2D eigenvalue weighted by Gasteiger charge is -2.07. The van der Waals surface area contributed by atoms with Gasteiger partial charge in [0.1, 0.15) is 29.4 Å². The molecule has 0 N–H and O–H groups in total. The Morgan fingerprint density at radius 2 is 2.00 bits per heavy atom. The van der Waals surface area contributed by atoms with Gasteiger partial charge < -0.3 is 13.7 Å². The third-order valence-corrected chi connectivity index (χ3v) is 4.99. The molecule has 7 nitrogen and oxygen atoms in total. The van der Waals surface area contributed by atoms with Crippen molar-refractivity contribution in [1.82, 2.24) is 15.1 Å². The molecule has 4 rings (SSSR count). The number of oxazole rings is 1. The van der Waals surface area contributed by atoms with E-state index in [1.165, 1.54) is 18.0 Å². The Morgan fingerprint density at radius 3 is 2.79 bits per heavy atom. The monoisotopic (exact) mass is 407 g/mol. The number of aromatic nitrogens is 3. The van der Waals surface area contributed by atoms with E-state index in [-0.39, 0.29) is 6.61 Å². The Bertz CT molecular complexity index is 1110. The van der Waals surface area contributed by atoms with E-state index in [2.05, 4.69) is 15.1 Å². The fraction of sp³-hybridized carbons (Fsp3) is 0.143. The fourth-order valence-corrected chi connectivity index (χ4v) is 3.46. The Labute approximate surface area is 171 Å². The zero-order valence-electron chi connectivity index (χ0n) is 15.6. The maximum Gasteiger partial charge on any atom is 0.341 e. The summed E-state index contributed by atoms with van der Waals surface area (Å²) < 4.78 is 15.9. The van der Waals surface area contributed by atoms with Crippen molar-refractivity contribution in [2.24, 2.45) is 0 Å². The van der Waals surface area contributed by atoms with Crippen LogP contribution in [0.1, 0.15) is 27.5 Å². The number of benzene rings is 1. The second-order valence-corrected chi connectivity index (χ2v) is 7.12. The van der Waals surface area contributed by atoms with Gasteiger partial charge in [0.05, 0.1) is 11.3 Å². The normalized spacial score (nSPS) is 10.8. The molecule has 0 aliphatic heterocycles. The average molecular weight is 407 g/mol. The van der Waals surface area contributed by atoms with Gasteiger partial charge in [0, 0.05) is 23.6 Å². The molecule has 0 spiro atoms. The van der Waals surface area contributed by atoms with E-state index < -0.39 is 5.97 Å². The van der Waals surface area contributed by atoms with Gasteiger partial charge in [-0.15, -0.1) is 0 Å². The van der Waals surface area contributed by atoms with Crippen LogP contribution in [0.15, 0.2) is 75.0 Å². The van der Waals surface area contributed by atoms with Crippen LogP contribution < -0.4 is 0 Å². The van der Waals surface area contributed by atoms with E-state index >= 15 is 0 Å². The van der Waals surface area contributed by atoms with Gasteiger partial charge in [0.15, 0.2) is 0 Å². The molecule has 0 bridgehead atoms. The summed E-state index contributed by atoms with van der Waals surface area (Å²) >= 11 is 1.40. The molecule has 0 atom stereocenters. The van der Waals surface area contributed by atoms with Crippen LogP contribution in [0.2, 0.25) is 0 Å². The SMILES string of the molecule is Cc1cc(CSc2ncccc2C(=O)OCc2coc(-c3ccccc3)n2)no1. The molecule has 4 aromatic rings. The van der Waals surface area contributed by atoms with Crippen LogP contribution in [0.25, 0.3) is 11.5 Å². The smallest absolute Gasteiger partial charge is 0.341 e. The van der Waals surface area contributed by atoms with Crippen LogP contribution in [0.4, 0.5) is 0 Å². The number of esters is 1. The molecule has 8 heteroatoms. The predicted octanol–water partition coefficient (Wildman–Crippen LogP) is 4.68. The Kier molecular flexibility index (Phi) is 5.71. The molecule has 29 heavy (non-hydrogen) atoms. The van der Waals surface area contributed by atoms with Gasteiger partial charge >= 0.3 is 5.97 Å². The Balaban J connectivity index is 1.39. The molecule has 0 aliphatic rings. The summed E-state index contributed by atoms with van der Waals surface area (Å²) in [6.45, 7) is 1.84. The highest BCUT2D eigenvalue weighted by Gasteiger charge is 2.16. The quantitative estimate of drug-likeness (QED) is 0.322. The lowest BCUT2D eigenvalue weighted by molar-refractivity contribution is 0.0462. The van der Waals surface area contributed by atoms with E-state index in [1.807, 2.05) is 43.3 Å². The minimum atomic E-state index is -0.471. The van der Waals surface area contributed by atoms with Gasteiger partial charge in [-0.3, -0.25) is 0 Å². The number of nitrogens with zero attached hydrogens (tertiary/aromatic N) is 3. The van der Waals surface area contributed by atoms with Gasteiger partial charge in [-0.2, -0.15) is 0 Å². The van der Waals surface area contributed by atoms with Gasteiger partial charge in [-0.05, 0) is 31.2 Å². The van der Waals surface area contributed by atoms with Crippen LogP contribution in [0, 0.1) is 6.92 Å². The highest BCUT2D eigenvalue weighted by Crippen LogP contribution is 2.25. The van der Waals surface area contributed by atoms with Crippen LogP contribution >= 0.6 is 11.8 Å². The molecule has 0 radical (unpaired) electrons. The number of rotatable bonds is 7. The molecule has 0 unspecified atom stereocenters. The molecular weight excluding hydrogens is 390 g/mol. The first kappa shape index (κ1) is 18.9. The van der Waals surface area contributed by atoms with Gasteiger partial charge in [-0.25, -0.2) is 14.8 Å². The predicted molar refractivity (Wildman–Crippen MR) is 106 cm³/mol. The summed E-state index contributed by atoms with van der Waals surface area (Å²) in [5.74, 6) is 1.29. The van der Waals surface area contributed by atoms with E-state index in [9.17, 15) is 4.79 Å². The van der Waals surface area contributed by atoms with Crippen molar-refractivity contribution in [2.45, 2.75) is 24.3 Å². The van der Waals surface area contributed by atoms with Crippen molar-refractivity contribution in [3.63, 3.8) is 0 Å². The van der Waals surface area contributed by atoms with E-state index in [4.69, 9.17) is 13.7 Å². The minimum Gasteiger partial charge on any atom is -0.455 e. The van der Waals surface area contributed by atoms with Crippen molar-refractivity contribution in [3.05, 3.63) is 83.7 Å². The third-order valence-electron chi connectivity index (χ3n) is 3.95. The average Bonchev–Trinajstić information content (AvgIpc) is 3.40. The largest absolute Gasteiger partial charge is 0.455 e. The van der Waals surface area contributed by atoms with Crippen molar-refractivity contribution < 1.29 is 18.5 Å². The zero-order chi connectivity index (χ0) is 20.1. The zero-order valence-corrected chi connectivity index (χ0v) is 16.4. The number of hydrogen-bond donors (Lipinski definition) is 0. The first-order chi connectivity index (χ1) is 14.2. The highest BCUT2D eigenvalue weighted by atomic mass is 32.2. The number of aryl methyl sites for hydroxylation is 1. The second-order valence-electron chi connectivity index (χ2n) is 6.16. The number of carbonyl (C=O) groups excluding carboxylic acids is 1. The van der Waals surface area contributed by atoms with Crippen molar-refractivity contribution in [1.29, 1.82) is 0 Å². The van der Waals surface area contributed by atoms with Crippen molar-refractivity contribution in [3.8, 4) is 11.5 Å². The number of hydrogen-bond acceptors (Lipinski definition) is 8. The molecule has 3 aromatic heterocycles. The summed E-state index contributed by atoms with van der Waals surface area (Å²) in [5, 5.41) is 4.52. The number of pyridine rings is 1. The number of carbonyl (C=O) groups is 1. The first-order valence-corrected chi connectivity index (χ1v) is 9.84. The van der Waals surface area contributed by atoms with Crippen molar-refractivity contribution in [2.75, 3.05) is 0 Å². The maximum absolute atomic E-state index is 12.6. The summed E-state index contributed by atoms with van der Waals surface area (Å²) in [7, 11) is 0. The fourth-order valence-electron chi connectivity index (χ4n) is 2.59. The lowest BCUT2D eigenvalue weighted by Crippen LogP contribution is -2.08. The Morgan fingerprint density at radius 1 is 1.14 bits per heavy atom. The van der Waals surface area contributed by atoms with Crippen LogP contribution in [0.3, 0.4) is 0 Å². The molecule has 0 fully saturated rings. The molecular formula is C21H17N3O4S. The van der Waals surface area contributed by atoms with E-state index in [1.54, 1.807) is 18.3 Å².